The van der Waals surface area contributed by atoms with Gasteiger partial charge in [0.05, 0.1) is 12.5 Å². The molecule has 0 saturated carbocycles. The fraction of sp³-hybridized carbons (Fsp3) is 0.611. The first-order valence-electron chi connectivity index (χ1n) is 8.19. The number of hydrogen-bond donors (Lipinski definition) is 0. The molecule has 2 atom stereocenters. The summed E-state index contributed by atoms with van der Waals surface area (Å²) < 4.78 is 5.48. The van der Waals surface area contributed by atoms with E-state index in [2.05, 4.69) is 17.0 Å². The van der Waals surface area contributed by atoms with Crippen LogP contribution in [0, 0.1) is 0 Å². The van der Waals surface area contributed by atoms with Crippen molar-refractivity contribution in [2.75, 3.05) is 13.1 Å². The molecule has 0 aliphatic carbocycles. The second kappa shape index (κ2) is 8.18. The van der Waals surface area contributed by atoms with E-state index in [1.165, 1.54) is 24.8 Å². The summed E-state index contributed by atoms with van der Waals surface area (Å²) in [4.78, 5) is 14.6. The summed E-state index contributed by atoms with van der Waals surface area (Å²) >= 11 is 0. The quantitative estimate of drug-likeness (QED) is 0.743. The Balaban J connectivity index is 2.06. The third-order valence-corrected chi connectivity index (χ3v) is 4.28. The van der Waals surface area contributed by atoms with Crippen LogP contribution in [0.4, 0.5) is 0 Å². The lowest BCUT2D eigenvalue weighted by Gasteiger charge is -2.34. The normalized spacial score (nSPS) is 19.0. The van der Waals surface area contributed by atoms with Gasteiger partial charge < -0.3 is 4.74 Å². The van der Waals surface area contributed by atoms with Gasteiger partial charge in [-0.25, -0.2) is 0 Å². The molecule has 0 unspecified atom stereocenters. The number of carbonyl (C=O) groups excluding carboxylic acids is 1. The molecule has 1 heterocycles. The van der Waals surface area contributed by atoms with Crippen molar-refractivity contribution in [1.29, 1.82) is 0 Å². The van der Waals surface area contributed by atoms with Gasteiger partial charge >= 0.3 is 5.97 Å². The summed E-state index contributed by atoms with van der Waals surface area (Å²) in [5, 5.41) is 0. The summed E-state index contributed by atoms with van der Waals surface area (Å²) in [6.45, 7) is 6.15. The third kappa shape index (κ3) is 4.85. The van der Waals surface area contributed by atoms with Crippen molar-refractivity contribution in [3.63, 3.8) is 0 Å². The number of likely N-dealkylation sites (tertiary alicyclic amines) is 1. The van der Waals surface area contributed by atoms with Crippen LogP contribution in [0.25, 0.3) is 0 Å². The molecule has 0 aromatic heterocycles. The molecule has 0 amide bonds. The van der Waals surface area contributed by atoms with Crippen LogP contribution in [0.2, 0.25) is 0 Å². The first-order chi connectivity index (χ1) is 10.2. The van der Waals surface area contributed by atoms with Gasteiger partial charge in [-0.3, -0.25) is 9.69 Å². The molecule has 1 aliphatic rings. The van der Waals surface area contributed by atoms with Crippen LogP contribution >= 0.6 is 0 Å². The molecule has 0 spiro atoms. The highest BCUT2D eigenvalue weighted by atomic mass is 16.5. The zero-order chi connectivity index (χ0) is 15.1. The minimum Gasteiger partial charge on any atom is -0.463 e. The largest absolute Gasteiger partial charge is 0.463 e. The molecule has 1 fully saturated rings. The molecule has 2 rings (SSSR count). The first kappa shape index (κ1) is 16.0. The number of ether oxygens (including phenoxy) is 1. The lowest BCUT2D eigenvalue weighted by atomic mass is 9.99. The van der Waals surface area contributed by atoms with Gasteiger partial charge in [-0.15, -0.1) is 0 Å². The van der Waals surface area contributed by atoms with Crippen molar-refractivity contribution in [3.05, 3.63) is 35.9 Å². The van der Waals surface area contributed by atoms with E-state index in [9.17, 15) is 4.79 Å². The van der Waals surface area contributed by atoms with Gasteiger partial charge in [0.2, 0.25) is 0 Å². The molecule has 0 N–H and O–H groups in total. The van der Waals surface area contributed by atoms with E-state index >= 15 is 0 Å². The highest BCUT2D eigenvalue weighted by Gasteiger charge is 2.25. The lowest BCUT2D eigenvalue weighted by Crippen LogP contribution is -2.35. The van der Waals surface area contributed by atoms with Gasteiger partial charge in [-0.05, 0) is 44.8 Å². The van der Waals surface area contributed by atoms with Gasteiger partial charge in [0.1, 0.15) is 0 Å². The Bertz CT molecular complexity index is 426. The van der Waals surface area contributed by atoms with E-state index in [1.54, 1.807) is 0 Å². The molecule has 3 heteroatoms. The predicted octanol–water partition coefficient (Wildman–Crippen LogP) is 3.95. The van der Waals surface area contributed by atoms with Crippen molar-refractivity contribution in [2.45, 2.75) is 58.1 Å². The van der Waals surface area contributed by atoms with E-state index in [4.69, 9.17) is 4.74 Å². The monoisotopic (exact) mass is 289 g/mol. The van der Waals surface area contributed by atoms with Crippen LogP contribution in [-0.2, 0) is 9.53 Å². The number of hydrogen-bond acceptors (Lipinski definition) is 3. The summed E-state index contributed by atoms with van der Waals surface area (Å²) in [5.41, 5.74) is 1.22. The molecule has 116 valence electrons. The minimum atomic E-state index is -0.0798. The molecule has 0 radical (unpaired) electrons. The molecule has 1 saturated heterocycles. The van der Waals surface area contributed by atoms with Crippen molar-refractivity contribution in [1.82, 2.24) is 4.90 Å². The number of esters is 1. The number of piperidine rings is 1. The maximum Gasteiger partial charge on any atom is 0.307 e. The number of carbonyl (C=O) groups is 1. The number of nitrogens with zero attached hydrogens (tertiary/aromatic N) is 1. The Morgan fingerprint density at radius 3 is 2.48 bits per heavy atom. The zero-order valence-electron chi connectivity index (χ0n) is 13.3. The molecular weight excluding hydrogens is 262 g/mol. The van der Waals surface area contributed by atoms with E-state index in [-0.39, 0.29) is 18.1 Å². The summed E-state index contributed by atoms with van der Waals surface area (Å²) in [7, 11) is 0. The molecule has 1 aliphatic heterocycles. The Hall–Kier alpha value is -1.35. The van der Waals surface area contributed by atoms with Crippen molar-refractivity contribution >= 4 is 5.97 Å². The molecule has 0 bridgehead atoms. The fourth-order valence-electron chi connectivity index (χ4n) is 2.88. The van der Waals surface area contributed by atoms with Crippen LogP contribution in [0.15, 0.2) is 30.3 Å². The first-order valence-corrected chi connectivity index (χ1v) is 8.19. The van der Waals surface area contributed by atoms with E-state index < -0.39 is 0 Å². The molecule has 21 heavy (non-hydrogen) atoms. The van der Waals surface area contributed by atoms with Crippen molar-refractivity contribution in [3.8, 4) is 0 Å². The lowest BCUT2D eigenvalue weighted by molar-refractivity contribution is -0.150. The molecular formula is C18H27NO2. The van der Waals surface area contributed by atoms with Crippen LogP contribution < -0.4 is 0 Å². The summed E-state index contributed by atoms with van der Waals surface area (Å²) in [6, 6.07) is 10.5. The van der Waals surface area contributed by atoms with Gasteiger partial charge in [0, 0.05) is 6.04 Å². The Morgan fingerprint density at radius 2 is 1.86 bits per heavy atom. The maximum absolute atomic E-state index is 12.2. The number of benzene rings is 1. The molecule has 1 aromatic carbocycles. The molecule has 1 aromatic rings. The number of rotatable bonds is 6. The zero-order valence-corrected chi connectivity index (χ0v) is 13.3. The topological polar surface area (TPSA) is 29.5 Å². The Labute approximate surface area is 128 Å². The Morgan fingerprint density at radius 1 is 1.19 bits per heavy atom. The minimum absolute atomic E-state index is 0.00952. The third-order valence-electron chi connectivity index (χ3n) is 4.28. The second-order valence-corrected chi connectivity index (χ2v) is 5.94. The van der Waals surface area contributed by atoms with E-state index in [1.807, 2.05) is 32.0 Å². The summed E-state index contributed by atoms with van der Waals surface area (Å²) in [5.74, 6) is -0.0798. The van der Waals surface area contributed by atoms with Gasteiger partial charge in [0.15, 0.2) is 0 Å². The van der Waals surface area contributed by atoms with E-state index in [0.717, 1.165) is 19.5 Å². The van der Waals surface area contributed by atoms with Crippen LogP contribution in [0.5, 0.6) is 0 Å². The second-order valence-electron chi connectivity index (χ2n) is 5.94. The standard InChI is InChI=1S/C18H27NO2/c1-3-15(2)21-18(20)14-17(16-10-6-4-7-11-16)19-12-8-5-9-13-19/h4,6-7,10-11,15,17H,3,5,8-9,12-14H2,1-2H3/t15-,17+/m1/s1. The SMILES string of the molecule is CC[C@@H](C)OC(=O)C[C@@H](c1ccccc1)N1CCCCC1. The van der Waals surface area contributed by atoms with Crippen LogP contribution in [0.3, 0.4) is 0 Å². The van der Waals surface area contributed by atoms with Crippen LogP contribution in [0.1, 0.15) is 57.6 Å². The van der Waals surface area contributed by atoms with Gasteiger partial charge in [0.25, 0.3) is 0 Å². The van der Waals surface area contributed by atoms with Crippen LogP contribution in [-0.4, -0.2) is 30.1 Å². The fourth-order valence-corrected chi connectivity index (χ4v) is 2.88. The van der Waals surface area contributed by atoms with Gasteiger partial charge in [-0.2, -0.15) is 0 Å². The Kier molecular flexibility index (Phi) is 6.24. The average molecular weight is 289 g/mol. The molecule has 3 nitrogen and oxygen atoms in total. The summed E-state index contributed by atoms with van der Waals surface area (Å²) in [6.07, 6.45) is 5.08. The van der Waals surface area contributed by atoms with Crippen molar-refractivity contribution < 1.29 is 9.53 Å². The smallest absolute Gasteiger partial charge is 0.307 e. The average Bonchev–Trinajstić information content (AvgIpc) is 2.54. The highest BCUT2D eigenvalue weighted by molar-refractivity contribution is 5.70. The highest BCUT2D eigenvalue weighted by Crippen LogP contribution is 2.28. The van der Waals surface area contributed by atoms with E-state index in [0.29, 0.717) is 6.42 Å². The van der Waals surface area contributed by atoms with Crippen molar-refractivity contribution in [2.24, 2.45) is 0 Å². The van der Waals surface area contributed by atoms with Gasteiger partial charge in [-0.1, -0.05) is 43.7 Å². The predicted molar refractivity (Wildman–Crippen MR) is 85.1 cm³/mol. The maximum atomic E-state index is 12.2.